The van der Waals surface area contributed by atoms with Crippen LogP contribution in [0.1, 0.15) is 29.1 Å². The lowest BCUT2D eigenvalue weighted by Gasteiger charge is -2.28. The molecule has 1 aliphatic heterocycles. The maximum absolute atomic E-state index is 13.1. The molecule has 1 aliphatic rings. The summed E-state index contributed by atoms with van der Waals surface area (Å²) in [6.07, 6.45) is 0.843. The van der Waals surface area contributed by atoms with E-state index in [1.165, 1.54) is 0 Å². The molecule has 0 aliphatic carbocycles. The summed E-state index contributed by atoms with van der Waals surface area (Å²) in [6, 6.07) is 7.79. The molecule has 7 heteroatoms. The lowest BCUT2D eigenvalue weighted by atomic mass is 10.2. The Hall–Kier alpha value is -2.34. The minimum atomic E-state index is -0.0639. The summed E-state index contributed by atoms with van der Waals surface area (Å²) in [5.41, 5.74) is 1.49. The number of aromatic nitrogens is 4. The van der Waals surface area contributed by atoms with Crippen molar-refractivity contribution in [3.05, 3.63) is 46.6 Å². The zero-order chi connectivity index (χ0) is 16.8. The molecule has 0 fully saturated rings. The first-order valence-electron chi connectivity index (χ1n) is 8.05. The molecule has 24 heavy (non-hydrogen) atoms. The Bertz CT molecular complexity index is 903. The van der Waals surface area contributed by atoms with Crippen molar-refractivity contribution in [1.82, 2.24) is 24.2 Å². The Morgan fingerprint density at radius 3 is 2.79 bits per heavy atom. The number of hydrogen-bond donors (Lipinski definition) is 0. The van der Waals surface area contributed by atoms with Crippen molar-refractivity contribution < 1.29 is 4.79 Å². The molecule has 3 heterocycles. The van der Waals surface area contributed by atoms with Crippen molar-refractivity contribution in [3.63, 3.8) is 0 Å². The third-order valence-corrected chi connectivity index (χ3v) is 5.06. The highest BCUT2D eigenvalue weighted by Crippen LogP contribution is 2.31. The van der Waals surface area contributed by atoms with Crippen LogP contribution in [-0.4, -0.2) is 36.7 Å². The van der Waals surface area contributed by atoms with E-state index in [4.69, 9.17) is 11.6 Å². The van der Waals surface area contributed by atoms with Crippen LogP contribution in [0, 0.1) is 0 Å². The minimum Gasteiger partial charge on any atom is -0.338 e. The van der Waals surface area contributed by atoms with Gasteiger partial charge in [0.25, 0.3) is 5.91 Å². The lowest BCUT2D eigenvalue weighted by molar-refractivity contribution is 0.0697. The van der Waals surface area contributed by atoms with E-state index in [-0.39, 0.29) is 5.91 Å². The molecule has 4 rings (SSSR count). The summed E-state index contributed by atoms with van der Waals surface area (Å²) in [4.78, 5) is 14.9. The van der Waals surface area contributed by atoms with E-state index in [9.17, 15) is 4.79 Å². The molecule has 124 valence electrons. The number of halogens is 1. The molecule has 3 aromatic rings. The smallest absolute Gasteiger partial charge is 0.272 e. The Morgan fingerprint density at radius 2 is 2.04 bits per heavy atom. The van der Waals surface area contributed by atoms with Crippen LogP contribution in [0.2, 0.25) is 5.02 Å². The molecule has 0 bridgehead atoms. The minimum absolute atomic E-state index is 0.0639. The van der Waals surface area contributed by atoms with Gasteiger partial charge in [-0.25, -0.2) is 0 Å². The molecule has 6 nitrogen and oxygen atoms in total. The Kier molecular flexibility index (Phi) is 3.57. The highest BCUT2D eigenvalue weighted by molar-refractivity contribution is 6.38. The summed E-state index contributed by atoms with van der Waals surface area (Å²) >= 11 is 6.50. The molecule has 0 atom stereocenters. The molecule has 1 aromatic carbocycles. The van der Waals surface area contributed by atoms with Crippen LogP contribution in [0.15, 0.2) is 24.3 Å². The summed E-state index contributed by atoms with van der Waals surface area (Å²) in [6.45, 7) is 3.88. The summed E-state index contributed by atoms with van der Waals surface area (Å²) in [5, 5.41) is 9.83. The van der Waals surface area contributed by atoms with Gasteiger partial charge in [0.1, 0.15) is 11.5 Å². The number of fused-ring (bicyclic) bond motifs is 2. The van der Waals surface area contributed by atoms with Gasteiger partial charge in [0.2, 0.25) is 0 Å². The number of carbonyl (C=O) groups is 1. The maximum atomic E-state index is 13.1. The zero-order valence-electron chi connectivity index (χ0n) is 13.7. The number of para-hydroxylation sites is 1. The van der Waals surface area contributed by atoms with Crippen molar-refractivity contribution in [2.24, 2.45) is 7.05 Å². The van der Waals surface area contributed by atoms with Crippen LogP contribution in [-0.2, 0) is 26.6 Å². The second kappa shape index (κ2) is 5.63. The first kappa shape index (κ1) is 15.2. The van der Waals surface area contributed by atoms with E-state index >= 15 is 0 Å². The summed E-state index contributed by atoms with van der Waals surface area (Å²) < 4.78 is 3.98. The van der Waals surface area contributed by atoms with Crippen molar-refractivity contribution in [3.8, 4) is 0 Å². The van der Waals surface area contributed by atoms with Crippen LogP contribution in [0.4, 0.5) is 0 Å². The molecule has 0 spiro atoms. The van der Waals surface area contributed by atoms with Crippen LogP contribution in [0.5, 0.6) is 0 Å². The van der Waals surface area contributed by atoms with Gasteiger partial charge in [0.15, 0.2) is 5.82 Å². The van der Waals surface area contributed by atoms with Gasteiger partial charge in [-0.3, -0.25) is 4.79 Å². The van der Waals surface area contributed by atoms with Gasteiger partial charge in [-0.1, -0.05) is 36.7 Å². The third kappa shape index (κ3) is 2.13. The molecule has 0 radical (unpaired) electrons. The number of carbonyl (C=O) groups excluding carboxylic acids is 1. The number of hydrogen-bond acceptors (Lipinski definition) is 3. The molecular weight excluding hydrogens is 326 g/mol. The van der Waals surface area contributed by atoms with Gasteiger partial charge in [-0.15, -0.1) is 10.2 Å². The topological polar surface area (TPSA) is 56.0 Å². The zero-order valence-corrected chi connectivity index (χ0v) is 14.4. The summed E-state index contributed by atoms with van der Waals surface area (Å²) in [5.74, 6) is 1.74. The van der Waals surface area contributed by atoms with Crippen LogP contribution in [0.3, 0.4) is 0 Å². The highest BCUT2D eigenvalue weighted by atomic mass is 35.5. The SMILES string of the molecule is CCc1nnc2n1CCN(C(=O)c1c(Cl)c3ccccc3n1C)C2. The van der Waals surface area contributed by atoms with Gasteiger partial charge in [0.05, 0.1) is 11.6 Å². The fourth-order valence-corrected chi connectivity index (χ4v) is 3.75. The molecule has 2 aromatic heterocycles. The molecular formula is C17H18ClN5O. The van der Waals surface area contributed by atoms with Gasteiger partial charge in [-0.05, 0) is 6.07 Å². The Balaban J connectivity index is 1.70. The molecule has 1 amide bonds. The van der Waals surface area contributed by atoms with Crippen LogP contribution < -0.4 is 0 Å². The van der Waals surface area contributed by atoms with Crippen molar-refractivity contribution in [2.45, 2.75) is 26.4 Å². The second-order valence-electron chi connectivity index (χ2n) is 6.00. The Morgan fingerprint density at radius 1 is 1.25 bits per heavy atom. The predicted octanol–water partition coefficient (Wildman–Crippen LogP) is 2.64. The molecule has 0 unspecified atom stereocenters. The van der Waals surface area contributed by atoms with Crippen LogP contribution >= 0.6 is 11.6 Å². The fourth-order valence-electron chi connectivity index (χ4n) is 3.39. The van der Waals surface area contributed by atoms with Gasteiger partial charge >= 0.3 is 0 Å². The number of aryl methyl sites for hydroxylation is 2. The first-order valence-corrected chi connectivity index (χ1v) is 8.42. The van der Waals surface area contributed by atoms with E-state index in [0.29, 0.717) is 23.8 Å². The average Bonchev–Trinajstić information content (AvgIpc) is 3.13. The normalized spacial score (nSPS) is 14.2. The van der Waals surface area contributed by atoms with E-state index in [0.717, 1.165) is 35.5 Å². The molecule has 0 saturated carbocycles. The fraction of sp³-hybridized carbons (Fsp3) is 0.353. The van der Waals surface area contributed by atoms with E-state index in [2.05, 4.69) is 21.7 Å². The largest absolute Gasteiger partial charge is 0.338 e. The highest BCUT2D eigenvalue weighted by Gasteiger charge is 2.28. The van der Waals surface area contributed by atoms with Gasteiger partial charge in [-0.2, -0.15) is 0 Å². The first-order chi connectivity index (χ1) is 11.6. The Labute approximate surface area is 144 Å². The molecule has 0 saturated heterocycles. The van der Waals surface area contributed by atoms with Crippen LogP contribution in [0.25, 0.3) is 10.9 Å². The van der Waals surface area contributed by atoms with Gasteiger partial charge in [0, 0.05) is 37.5 Å². The molecule has 0 N–H and O–H groups in total. The number of rotatable bonds is 2. The van der Waals surface area contributed by atoms with E-state index < -0.39 is 0 Å². The summed E-state index contributed by atoms with van der Waals surface area (Å²) in [7, 11) is 1.88. The van der Waals surface area contributed by atoms with E-state index in [1.807, 2.05) is 35.9 Å². The maximum Gasteiger partial charge on any atom is 0.272 e. The standard InChI is InChI=1S/C17H18ClN5O/c1-3-13-19-20-14-10-22(8-9-23(13)14)17(24)16-15(18)11-6-4-5-7-12(11)21(16)2/h4-7H,3,8-10H2,1-2H3. The third-order valence-electron chi connectivity index (χ3n) is 4.68. The number of benzene rings is 1. The average molecular weight is 344 g/mol. The van der Waals surface area contributed by atoms with Crippen molar-refractivity contribution in [2.75, 3.05) is 6.54 Å². The van der Waals surface area contributed by atoms with Crippen molar-refractivity contribution in [1.29, 1.82) is 0 Å². The van der Waals surface area contributed by atoms with Gasteiger partial charge < -0.3 is 14.0 Å². The monoisotopic (exact) mass is 343 g/mol. The number of nitrogens with zero attached hydrogens (tertiary/aromatic N) is 5. The number of amides is 1. The second-order valence-corrected chi connectivity index (χ2v) is 6.38. The quantitative estimate of drug-likeness (QED) is 0.718. The lowest BCUT2D eigenvalue weighted by Crippen LogP contribution is -2.39. The predicted molar refractivity (Wildman–Crippen MR) is 92.1 cm³/mol. The van der Waals surface area contributed by atoms with Crippen molar-refractivity contribution >= 4 is 28.4 Å². The van der Waals surface area contributed by atoms with E-state index in [1.54, 1.807) is 4.90 Å².